The maximum atomic E-state index is 13.2. The molecule has 0 saturated heterocycles. The summed E-state index contributed by atoms with van der Waals surface area (Å²) < 4.78 is 13.2. The lowest BCUT2D eigenvalue weighted by Crippen LogP contribution is -2.18. The van der Waals surface area contributed by atoms with Gasteiger partial charge in [0.05, 0.1) is 0 Å². The van der Waals surface area contributed by atoms with Crippen LogP contribution in [0.15, 0.2) is 42.5 Å². The molecular weight excluding hydrogens is 329 g/mol. The average Bonchev–Trinajstić information content (AvgIpc) is 2.38. The monoisotopic (exact) mass is 341 g/mol. The van der Waals surface area contributed by atoms with Gasteiger partial charge in [-0.25, -0.2) is 4.39 Å². The molecule has 0 N–H and O–H groups in total. The van der Waals surface area contributed by atoms with E-state index in [1.165, 1.54) is 6.07 Å². The fourth-order valence-corrected chi connectivity index (χ4v) is 3.02. The highest BCUT2D eigenvalue weighted by atomic mass is 79.9. The van der Waals surface area contributed by atoms with Gasteiger partial charge < -0.3 is 4.90 Å². The maximum absolute atomic E-state index is 13.2. The van der Waals surface area contributed by atoms with E-state index in [9.17, 15) is 4.39 Å². The van der Waals surface area contributed by atoms with E-state index in [2.05, 4.69) is 20.8 Å². The van der Waals surface area contributed by atoms with Crippen LogP contribution in [0.5, 0.6) is 0 Å². The lowest BCUT2D eigenvalue weighted by molar-refractivity contribution is 0.625. The molecule has 0 aromatic heterocycles. The quantitative estimate of drug-likeness (QED) is 0.706. The molecule has 0 bridgehead atoms. The number of hydrogen-bond donors (Lipinski definition) is 0. The van der Waals surface area contributed by atoms with Gasteiger partial charge in [0, 0.05) is 35.2 Å². The first-order valence-corrected chi connectivity index (χ1v) is 7.40. The lowest BCUT2D eigenvalue weighted by Gasteiger charge is -2.22. The van der Waals surface area contributed by atoms with Crippen LogP contribution < -0.4 is 4.90 Å². The number of alkyl halides is 1. The summed E-state index contributed by atoms with van der Waals surface area (Å²) in [6, 6.07) is 12.5. The van der Waals surface area contributed by atoms with E-state index in [1.807, 2.05) is 31.3 Å². The van der Waals surface area contributed by atoms with Crippen LogP contribution in [-0.4, -0.2) is 7.05 Å². The van der Waals surface area contributed by atoms with Crippen molar-refractivity contribution in [3.63, 3.8) is 0 Å². The Bertz CT molecular complexity index is 574. The van der Waals surface area contributed by atoms with E-state index < -0.39 is 0 Å². The van der Waals surface area contributed by atoms with E-state index >= 15 is 0 Å². The van der Waals surface area contributed by atoms with Gasteiger partial charge in [-0.2, -0.15) is 0 Å². The molecule has 0 aliphatic heterocycles. The largest absolute Gasteiger partial charge is 0.370 e. The molecule has 0 unspecified atom stereocenters. The molecule has 0 spiro atoms. The zero-order valence-corrected chi connectivity index (χ0v) is 12.9. The molecule has 0 amide bonds. The van der Waals surface area contributed by atoms with Crippen LogP contribution in [0.3, 0.4) is 0 Å². The third kappa shape index (κ3) is 3.48. The maximum Gasteiger partial charge on any atom is 0.123 e. The molecule has 0 fully saturated rings. The summed E-state index contributed by atoms with van der Waals surface area (Å²) in [5, 5.41) is 1.43. The Morgan fingerprint density at radius 1 is 1.21 bits per heavy atom. The zero-order valence-electron chi connectivity index (χ0n) is 10.5. The molecule has 0 saturated carbocycles. The van der Waals surface area contributed by atoms with Crippen molar-refractivity contribution in [3.05, 3.63) is 64.4 Å². The molecule has 100 valence electrons. The molecule has 0 aliphatic rings. The van der Waals surface area contributed by atoms with E-state index in [4.69, 9.17) is 11.6 Å². The average molecular weight is 343 g/mol. The predicted molar refractivity (Wildman–Crippen MR) is 82.6 cm³/mol. The van der Waals surface area contributed by atoms with Crippen LogP contribution >= 0.6 is 27.5 Å². The minimum atomic E-state index is -0.210. The van der Waals surface area contributed by atoms with Gasteiger partial charge in [0.1, 0.15) is 5.82 Å². The normalized spacial score (nSPS) is 10.5. The second-order valence-corrected chi connectivity index (χ2v) is 5.33. The number of nitrogens with zero attached hydrogens (tertiary/aromatic N) is 1. The van der Waals surface area contributed by atoms with Gasteiger partial charge in [-0.15, -0.1) is 0 Å². The molecule has 0 aliphatic carbocycles. The third-order valence-corrected chi connectivity index (χ3v) is 3.86. The van der Waals surface area contributed by atoms with Crippen molar-refractivity contribution in [2.45, 2.75) is 11.9 Å². The summed E-state index contributed by atoms with van der Waals surface area (Å²) >= 11 is 9.64. The van der Waals surface area contributed by atoms with Crippen molar-refractivity contribution in [1.82, 2.24) is 0 Å². The Hall–Kier alpha value is -1.06. The summed E-state index contributed by atoms with van der Waals surface area (Å²) in [6.45, 7) is 0.637. The smallest absolute Gasteiger partial charge is 0.123 e. The Labute approximate surface area is 126 Å². The van der Waals surface area contributed by atoms with Crippen LogP contribution in [0, 0.1) is 5.82 Å². The van der Waals surface area contributed by atoms with E-state index in [-0.39, 0.29) is 5.82 Å². The Morgan fingerprint density at radius 3 is 2.63 bits per heavy atom. The molecular formula is C15H14BrClFN. The molecule has 0 radical (unpaired) electrons. The summed E-state index contributed by atoms with van der Waals surface area (Å²) in [4.78, 5) is 2.07. The van der Waals surface area contributed by atoms with Crippen molar-refractivity contribution in [3.8, 4) is 0 Å². The van der Waals surface area contributed by atoms with Gasteiger partial charge in [-0.1, -0.05) is 45.7 Å². The molecule has 2 aromatic rings. The fraction of sp³-hybridized carbons (Fsp3) is 0.200. The SMILES string of the molecule is CN(Cc1cccc(F)c1)c1cccc(Cl)c1CBr. The van der Waals surface area contributed by atoms with Gasteiger partial charge >= 0.3 is 0 Å². The van der Waals surface area contributed by atoms with Crippen LogP contribution in [-0.2, 0) is 11.9 Å². The van der Waals surface area contributed by atoms with Gasteiger partial charge in [0.2, 0.25) is 0 Å². The topological polar surface area (TPSA) is 3.24 Å². The predicted octanol–water partition coefficient (Wildman–Crippen LogP) is 5.01. The standard InChI is InChI=1S/C15H14BrClFN/c1-19(10-11-4-2-5-12(18)8-11)15-7-3-6-14(17)13(15)9-16/h2-8H,9-10H2,1H3. The molecule has 1 nitrogen and oxygen atoms in total. The van der Waals surface area contributed by atoms with Crippen LogP contribution in [0.4, 0.5) is 10.1 Å². The minimum absolute atomic E-state index is 0.210. The van der Waals surface area contributed by atoms with E-state index in [0.717, 1.165) is 21.8 Å². The van der Waals surface area contributed by atoms with Crippen molar-refractivity contribution < 1.29 is 4.39 Å². The molecule has 2 aromatic carbocycles. The number of rotatable bonds is 4. The van der Waals surface area contributed by atoms with Crippen LogP contribution in [0.25, 0.3) is 0 Å². The molecule has 0 heterocycles. The molecule has 0 atom stereocenters. The number of hydrogen-bond acceptors (Lipinski definition) is 1. The first kappa shape index (κ1) is 14.4. The van der Waals surface area contributed by atoms with Crippen molar-refractivity contribution in [1.29, 1.82) is 0 Å². The third-order valence-electron chi connectivity index (χ3n) is 2.95. The van der Waals surface area contributed by atoms with Gasteiger partial charge in [-0.3, -0.25) is 0 Å². The van der Waals surface area contributed by atoms with Crippen LogP contribution in [0.2, 0.25) is 5.02 Å². The number of benzene rings is 2. The first-order valence-electron chi connectivity index (χ1n) is 5.90. The highest BCUT2D eigenvalue weighted by Crippen LogP contribution is 2.29. The molecule has 2 rings (SSSR count). The first-order chi connectivity index (χ1) is 9.11. The van der Waals surface area contributed by atoms with E-state index in [0.29, 0.717) is 11.9 Å². The van der Waals surface area contributed by atoms with Crippen molar-refractivity contribution in [2.24, 2.45) is 0 Å². The number of halogens is 3. The number of anilines is 1. The van der Waals surface area contributed by atoms with Gasteiger partial charge in [0.25, 0.3) is 0 Å². The second kappa shape index (κ2) is 6.40. The molecule has 19 heavy (non-hydrogen) atoms. The highest BCUT2D eigenvalue weighted by molar-refractivity contribution is 9.08. The van der Waals surface area contributed by atoms with Crippen molar-refractivity contribution in [2.75, 3.05) is 11.9 Å². The lowest BCUT2D eigenvalue weighted by atomic mass is 10.1. The Balaban J connectivity index is 2.25. The summed E-state index contributed by atoms with van der Waals surface area (Å²) in [6.07, 6.45) is 0. The molecule has 4 heteroatoms. The fourth-order valence-electron chi connectivity index (χ4n) is 2.03. The Kier molecular flexibility index (Phi) is 4.83. The van der Waals surface area contributed by atoms with Gasteiger partial charge in [0.15, 0.2) is 0 Å². The summed E-state index contributed by atoms with van der Waals surface area (Å²) in [5.41, 5.74) is 3.03. The van der Waals surface area contributed by atoms with Gasteiger partial charge in [-0.05, 0) is 29.8 Å². The zero-order chi connectivity index (χ0) is 13.8. The van der Waals surface area contributed by atoms with Crippen LogP contribution in [0.1, 0.15) is 11.1 Å². The van der Waals surface area contributed by atoms with E-state index in [1.54, 1.807) is 12.1 Å². The Morgan fingerprint density at radius 2 is 1.95 bits per heavy atom. The second-order valence-electron chi connectivity index (χ2n) is 4.36. The summed E-state index contributed by atoms with van der Waals surface area (Å²) in [7, 11) is 1.97. The minimum Gasteiger partial charge on any atom is -0.370 e. The highest BCUT2D eigenvalue weighted by Gasteiger charge is 2.10. The summed E-state index contributed by atoms with van der Waals surface area (Å²) in [5.74, 6) is -0.210. The van der Waals surface area contributed by atoms with Crippen molar-refractivity contribution >= 4 is 33.2 Å².